The van der Waals surface area contributed by atoms with Gasteiger partial charge in [-0.05, 0) is 23.8 Å². The highest BCUT2D eigenvalue weighted by Gasteiger charge is 2.12. The molecule has 0 fully saturated rings. The van der Waals surface area contributed by atoms with Crippen LogP contribution in [0.3, 0.4) is 0 Å². The molecule has 1 aliphatic rings. The molecule has 0 radical (unpaired) electrons. The molecule has 1 aliphatic heterocycles. The number of unbranched alkanes of at least 4 members (excludes halogenated alkanes) is 2. The molecule has 0 unspecified atom stereocenters. The van der Waals surface area contributed by atoms with Gasteiger partial charge in [0.05, 0.1) is 12.4 Å². The second-order valence-corrected chi connectivity index (χ2v) is 5.77. The molecule has 0 aromatic heterocycles. The van der Waals surface area contributed by atoms with Gasteiger partial charge in [0.25, 0.3) is 0 Å². The predicted octanol–water partition coefficient (Wildman–Crippen LogP) is 4.66. The number of hydrogen-bond donors (Lipinski definition) is 0. The second kappa shape index (κ2) is 9.24. The molecule has 0 bridgehead atoms. The number of halogens is 1. The topological polar surface area (TPSA) is 20.3 Å². The van der Waals surface area contributed by atoms with Gasteiger partial charge in [-0.1, -0.05) is 44.0 Å². The number of carbonyl (C=O) groups is 1. The minimum absolute atomic E-state index is 0. The predicted molar refractivity (Wildman–Crippen MR) is 92.6 cm³/mol. The van der Waals surface area contributed by atoms with Gasteiger partial charge >= 0.3 is 0 Å². The quantitative estimate of drug-likeness (QED) is 0.524. The van der Waals surface area contributed by atoms with Gasteiger partial charge in [0, 0.05) is 11.8 Å². The molecule has 1 aromatic rings. The second-order valence-electron chi connectivity index (χ2n) is 4.90. The summed E-state index contributed by atoms with van der Waals surface area (Å²) in [5, 5.41) is 2.03. The summed E-state index contributed by atoms with van der Waals surface area (Å²) < 4.78 is 0. The molecule has 0 saturated heterocycles. The minimum Gasteiger partial charge on any atom is -0.360 e. The maximum atomic E-state index is 12.1. The Hall–Kier alpha value is -0.740. The first kappa shape index (κ1) is 17.3. The summed E-state index contributed by atoms with van der Waals surface area (Å²) in [6.45, 7) is 2.70. The Morgan fingerprint density at radius 3 is 2.60 bits per heavy atom. The summed E-state index contributed by atoms with van der Waals surface area (Å²) in [7, 11) is 0. The normalized spacial score (nSPS) is 13.3. The SMILES string of the molecule is Br.CCCCCc1ccc(C(=O)CN2C=CSC2)cc1. The fourth-order valence-corrected chi connectivity index (χ4v) is 2.83. The molecule has 2 rings (SSSR count). The smallest absolute Gasteiger partial charge is 0.182 e. The van der Waals surface area contributed by atoms with Gasteiger partial charge in [0.2, 0.25) is 0 Å². The molecule has 2 nitrogen and oxygen atoms in total. The molecule has 110 valence electrons. The highest BCUT2D eigenvalue weighted by atomic mass is 79.9. The van der Waals surface area contributed by atoms with Crippen molar-refractivity contribution in [3.63, 3.8) is 0 Å². The monoisotopic (exact) mass is 355 g/mol. The van der Waals surface area contributed by atoms with Crippen LogP contribution >= 0.6 is 28.7 Å². The van der Waals surface area contributed by atoms with Crippen molar-refractivity contribution in [2.75, 3.05) is 12.4 Å². The molecule has 0 aliphatic carbocycles. The van der Waals surface area contributed by atoms with E-state index in [0.29, 0.717) is 6.54 Å². The highest BCUT2D eigenvalue weighted by Crippen LogP contribution is 2.16. The Bertz CT molecular complexity index is 444. The Morgan fingerprint density at radius 1 is 1.25 bits per heavy atom. The van der Waals surface area contributed by atoms with E-state index in [1.54, 1.807) is 11.8 Å². The van der Waals surface area contributed by atoms with Crippen molar-refractivity contribution in [2.24, 2.45) is 0 Å². The van der Waals surface area contributed by atoms with Gasteiger partial charge in [-0.25, -0.2) is 0 Å². The summed E-state index contributed by atoms with van der Waals surface area (Å²) in [4.78, 5) is 14.1. The lowest BCUT2D eigenvalue weighted by Crippen LogP contribution is -2.22. The number of ketones is 1. The zero-order valence-corrected chi connectivity index (χ0v) is 14.4. The molecular formula is C16H22BrNOS. The summed E-state index contributed by atoms with van der Waals surface area (Å²) in [6.07, 6.45) is 6.87. The van der Waals surface area contributed by atoms with Crippen molar-refractivity contribution in [1.82, 2.24) is 4.90 Å². The number of hydrogen-bond acceptors (Lipinski definition) is 3. The van der Waals surface area contributed by atoms with E-state index in [-0.39, 0.29) is 22.8 Å². The fraction of sp³-hybridized carbons (Fsp3) is 0.438. The van der Waals surface area contributed by atoms with E-state index < -0.39 is 0 Å². The van der Waals surface area contributed by atoms with E-state index >= 15 is 0 Å². The zero-order valence-electron chi connectivity index (χ0n) is 11.9. The van der Waals surface area contributed by atoms with Crippen LogP contribution in [0.25, 0.3) is 0 Å². The Kier molecular flexibility index (Phi) is 8.00. The number of rotatable bonds is 7. The van der Waals surface area contributed by atoms with E-state index in [9.17, 15) is 4.79 Å². The average molecular weight is 356 g/mol. The minimum atomic E-state index is 0. The van der Waals surface area contributed by atoms with Crippen molar-refractivity contribution < 1.29 is 4.79 Å². The van der Waals surface area contributed by atoms with Crippen LogP contribution in [0, 0.1) is 0 Å². The zero-order chi connectivity index (χ0) is 13.5. The fourth-order valence-electron chi connectivity index (χ4n) is 2.12. The lowest BCUT2D eigenvalue weighted by atomic mass is 10.0. The molecule has 0 atom stereocenters. The van der Waals surface area contributed by atoms with Crippen molar-refractivity contribution in [3.05, 3.63) is 47.0 Å². The van der Waals surface area contributed by atoms with E-state index in [0.717, 1.165) is 17.9 Å². The Labute approximate surface area is 136 Å². The molecule has 1 aromatic carbocycles. The van der Waals surface area contributed by atoms with E-state index in [1.165, 1.54) is 24.8 Å². The average Bonchev–Trinajstić information content (AvgIpc) is 2.93. The van der Waals surface area contributed by atoms with Gasteiger partial charge in [-0.2, -0.15) is 0 Å². The van der Waals surface area contributed by atoms with Crippen LogP contribution < -0.4 is 0 Å². The Balaban J connectivity index is 0.00000200. The molecular weight excluding hydrogens is 334 g/mol. The molecule has 0 spiro atoms. The summed E-state index contributed by atoms with van der Waals surface area (Å²) in [5.41, 5.74) is 2.16. The molecule has 0 N–H and O–H groups in total. The van der Waals surface area contributed by atoms with Crippen molar-refractivity contribution in [3.8, 4) is 0 Å². The lowest BCUT2D eigenvalue weighted by Gasteiger charge is -2.13. The van der Waals surface area contributed by atoms with E-state index in [4.69, 9.17) is 0 Å². The maximum absolute atomic E-state index is 12.1. The summed E-state index contributed by atoms with van der Waals surface area (Å²) in [6, 6.07) is 8.13. The van der Waals surface area contributed by atoms with Crippen LogP contribution in [0.2, 0.25) is 0 Å². The van der Waals surface area contributed by atoms with Crippen LogP contribution in [0.5, 0.6) is 0 Å². The number of Topliss-reactive ketones (excluding diaryl/α,β-unsaturated/α-hetero) is 1. The largest absolute Gasteiger partial charge is 0.360 e. The van der Waals surface area contributed by atoms with Crippen LogP contribution in [-0.2, 0) is 6.42 Å². The van der Waals surface area contributed by atoms with Crippen molar-refractivity contribution in [1.29, 1.82) is 0 Å². The van der Waals surface area contributed by atoms with Crippen LogP contribution in [-0.4, -0.2) is 23.1 Å². The standard InChI is InChI=1S/C16H21NOS.BrH/c1-2-3-4-5-14-6-8-15(9-7-14)16(18)12-17-10-11-19-13-17;/h6-11H,2-5,12-13H2,1H3;1H. The number of aryl methyl sites for hydroxylation is 1. The third-order valence-corrected chi connectivity index (χ3v) is 4.09. The highest BCUT2D eigenvalue weighted by molar-refractivity contribution is 8.93. The number of nitrogens with zero attached hydrogens (tertiary/aromatic N) is 1. The van der Waals surface area contributed by atoms with Crippen LogP contribution in [0.1, 0.15) is 42.1 Å². The molecule has 1 heterocycles. The third kappa shape index (κ3) is 5.33. The first-order chi connectivity index (χ1) is 9.29. The lowest BCUT2D eigenvalue weighted by molar-refractivity contribution is 0.0963. The molecule has 0 saturated carbocycles. The van der Waals surface area contributed by atoms with Crippen molar-refractivity contribution in [2.45, 2.75) is 32.6 Å². The van der Waals surface area contributed by atoms with Gasteiger partial charge in [-0.15, -0.1) is 28.7 Å². The number of benzene rings is 1. The van der Waals surface area contributed by atoms with Crippen molar-refractivity contribution >= 4 is 34.5 Å². The van der Waals surface area contributed by atoms with Gasteiger partial charge in [0.1, 0.15) is 0 Å². The first-order valence-corrected chi connectivity index (χ1v) is 7.99. The van der Waals surface area contributed by atoms with E-state index in [2.05, 4.69) is 19.1 Å². The number of thioether (sulfide) groups is 1. The summed E-state index contributed by atoms with van der Waals surface area (Å²) >= 11 is 1.73. The Morgan fingerprint density at radius 2 is 2.00 bits per heavy atom. The molecule has 0 amide bonds. The van der Waals surface area contributed by atoms with Crippen LogP contribution in [0.4, 0.5) is 0 Å². The van der Waals surface area contributed by atoms with Crippen LogP contribution in [0.15, 0.2) is 35.9 Å². The molecule has 20 heavy (non-hydrogen) atoms. The first-order valence-electron chi connectivity index (χ1n) is 6.94. The number of carbonyl (C=O) groups excluding carboxylic acids is 1. The maximum Gasteiger partial charge on any atom is 0.182 e. The molecule has 4 heteroatoms. The van der Waals surface area contributed by atoms with Gasteiger partial charge in [-0.3, -0.25) is 4.79 Å². The third-order valence-electron chi connectivity index (χ3n) is 3.30. The van der Waals surface area contributed by atoms with Gasteiger partial charge in [0.15, 0.2) is 5.78 Å². The van der Waals surface area contributed by atoms with E-state index in [1.807, 2.05) is 28.6 Å². The van der Waals surface area contributed by atoms with Gasteiger partial charge < -0.3 is 4.90 Å². The summed E-state index contributed by atoms with van der Waals surface area (Å²) in [5.74, 6) is 1.09.